The average Bonchev–Trinajstić information content (AvgIpc) is 3.12. The monoisotopic (exact) mass is 465 g/mol. The van der Waals surface area contributed by atoms with Crippen LogP contribution in [-0.2, 0) is 9.53 Å². The highest BCUT2D eigenvalue weighted by atomic mass is 32.1. The van der Waals surface area contributed by atoms with Crippen LogP contribution in [0, 0.1) is 10.1 Å². The number of fused-ring (bicyclic) bond motifs is 1. The molecule has 1 atom stereocenters. The Morgan fingerprint density at radius 2 is 1.94 bits per heavy atom. The molecule has 1 aliphatic heterocycles. The smallest absolute Gasteiger partial charge is 0.338 e. The number of allylic oxidation sites excluding steroid dienone is 1. The molecule has 4 rings (SSSR count). The normalized spacial score (nSPS) is 15.6. The van der Waals surface area contributed by atoms with E-state index in [4.69, 9.17) is 9.47 Å². The molecular weight excluding hydrogens is 446 g/mol. The number of benzene rings is 2. The maximum Gasteiger partial charge on any atom is 0.338 e. The van der Waals surface area contributed by atoms with Crippen molar-refractivity contribution < 1.29 is 19.2 Å². The molecule has 0 amide bonds. The largest absolute Gasteiger partial charge is 0.497 e. The van der Waals surface area contributed by atoms with Crippen LogP contribution in [0.25, 0.3) is 6.08 Å². The van der Waals surface area contributed by atoms with E-state index in [1.165, 1.54) is 23.8 Å². The molecule has 0 spiro atoms. The number of non-ortho nitro benzene ring substituents is 1. The Morgan fingerprint density at radius 1 is 1.21 bits per heavy atom. The van der Waals surface area contributed by atoms with E-state index >= 15 is 0 Å². The molecule has 33 heavy (non-hydrogen) atoms. The van der Waals surface area contributed by atoms with Gasteiger partial charge >= 0.3 is 5.97 Å². The van der Waals surface area contributed by atoms with Gasteiger partial charge in [0.2, 0.25) is 0 Å². The standard InChI is InChI=1S/C23H19N3O6S/c1-13-19(22(28)32-3)20(15-7-9-17(31-2)10-8-15)25-21(27)18(33-23(25)24-13)12-14-5-4-6-16(11-14)26(29)30/h4-12,20H,1-3H3. The van der Waals surface area contributed by atoms with Crippen LogP contribution in [0.2, 0.25) is 0 Å². The number of nitrogens with zero attached hydrogens (tertiary/aromatic N) is 3. The van der Waals surface area contributed by atoms with Gasteiger partial charge in [-0.2, -0.15) is 0 Å². The summed E-state index contributed by atoms with van der Waals surface area (Å²) in [6, 6.07) is 12.3. The Hall–Kier alpha value is -4.05. The van der Waals surface area contributed by atoms with Crippen molar-refractivity contribution in [2.75, 3.05) is 14.2 Å². The second-order valence-corrected chi connectivity index (χ2v) is 8.21. The van der Waals surface area contributed by atoms with Crippen LogP contribution in [0.5, 0.6) is 5.75 Å². The lowest BCUT2D eigenvalue weighted by atomic mass is 9.96. The number of rotatable bonds is 5. The number of aromatic nitrogens is 1. The predicted molar refractivity (Wildman–Crippen MR) is 122 cm³/mol. The summed E-state index contributed by atoms with van der Waals surface area (Å²) in [5, 5.41) is 11.1. The molecule has 0 aliphatic carbocycles. The molecule has 1 aromatic heterocycles. The van der Waals surface area contributed by atoms with Crippen molar-refractivity contribution >= 4 is 29.1 Å². The fraction of sp³-hybridized carbons (Fsp3) is 0.174. The van der Waals surface area contributed by atoms with Crippen molar-refractivity contribution in [1.82, 2.24) is 4.57 Å². The molecular formula is C23H19N3O6S. The lowest BCUT2D eigenvalue weighted by molar-refractivity contribution is -0.384. The maximum atomic E-state index is 13.5. The number of nitro groups is 1. The maximum absolute atomic E-state index is 13.5. The molecule has 2 aromatic carbocycles. The summed E-state index contributed by atoms with van der Waals surface area (Å²) in [6.45, 7) is 1.69. The van der Waals surface area contributed by atoms with Gasteiger partial charge in [0.25, 0.3) is 11.2 Å². The Kier molecular flexibility index (Phi) is 5.93. The minimum atomic E-state index is -0.744. The van der Waals surface area contributed by atoms with Gasteiger partial charge in [-0.25, -0.2) is 9.79 Å². The van der Waals surface area contributed by atoms with E-state index < -0.39 is 16.9 Å². The quantitative estimate of drug-likeness (QED) is 0.325. The lowest BCUT2D eigenvalue weighted by Gasteiger charge is -2.24. The van der Waals surface area contributed by atoms with Crippen LogP contribution in [0.3, 0.4) is 0 Å². The molecule has 0 saturated heterocycles. The Balaban J connectivity index is 1.94. The number of hydrogen-bond acceptors (Lipinski definition) is 8. The molecule has 0 fully saturated rings. The van der Waals surface area contributed by atoms with Gasteiger partial charge in [0.1, 0.15) is 5.75 Å². The Morgan fingerprint density at radius 3 is 2.58 bits per heavy atom. The van der Waals surface area contributed by atoms with E-state index in [1.807, 2.05) is 0 Å². The topological polar surface area (TPSA) is 113 Å². The second-order valence-electron chi connectivity index (χ2n) is 7.20. The van der Waals surface area contributed by atoms with E-state index in [1.54, 1.807) is 56.5 Å². The SMILES string of the molecule is COC(=O)C1=C(C)N=c2sc(=Cc3cccc([N+](=O)[O-])c3)c(=O)n2C1c1ccc(OC)cc1. The van der Waals surface area contributed by atoms with Gasteiger partial charge in [-0.1, -0.05) is 35.6 Å². The molecule has 0 saturated carbocycles. The molecule has 9 nitrogen and oxygen atoms in total. The van der Waals surface area contributed by atoms with E-state index in [2.05, 4.69) is 4.99 Å². The number of nitro benzene ring substituents is 1. The van der Waals surface area contributed by atoms with E-state index in [9.17, 15) is 19.7 Å². The van der Waals surface area contributed by atoms with Gasteiger partial charge in [-0.15, -0.1) is 0 Å². The van der Waals surface area contributed by atoms with Gasteiger partial charge in [-0.05, 0) is 36.3 Å². The molecule has 0 N–H and O–H groups in total. The van der Waals surface area contributed by atoms with Gasteiger partial charge < -0.3 is 9.47 Å². The summed E-state index contributed by atoms with van der Waals surface area (Å²) >= 11 is 1.15. The zero-order valence-electron chi connectivity index (χ0n) is 18.0. The first-order valence-electron chi connectivity index (χ1n) is 9.83. The number of ether oxygens (including phenoxy) is 2. The molecule has 1 aliphatic rings. The minimum absolute atomic E-state index is 0.0727. The highest BCUT2D eigenvalue weighted by molar-refractivity contribution is 7.07. The predicted octanol–water partition coefficient (Wildman–Crippen LogP) is 2.33. The summed E-state index contributed by atoms with van der Waals surface area (Å²) in [4.78, 5) is 41.6. The van der Waals surface area contributed by atoms with Crippen LogP contribution in [0.1, 0.15) is 24.1 Å². The molecule has 0 bridgehead atoms. The second kappa shape index (κ2) is 8.83. The number of carbonyl (C=O) groups excluding carboxylic acids is 1. The summed E-state index contributed by atoms with van der Waals surface area (Å²) in [7, 11) is 2.83. The van der Waals surface area contributed by atoms with Gasteiger partial charge in [-0.3, -0.25) is 19.5 Å². The first kappa shape index (κ1) is 22.2. The number of carbonyl (C=O) groups is 1. The van der Waals surface area contributed by atoms with E-state index in [0.29, 0.717) is 31.9 Å². The molecule has 2 heterocycles. The average molecular weight is 465 g/mol. The van der Waals surface area contributed by atoms with Gasteiger partial charge in [0.05, 0.1) is 41.0 Å². The third-order valence-corrected chi connectivity index (χ3v) is 6.22. The molecule has 0 radical (unpaired) electrons. The molecule has 3 aromatic rings. The van der Waals surface area contributed by atoms with Crippen LogP contribution in [-0.4, -0.2) is 29.7 Å². The number of hydrogen-bond donors (Lipinski definition) is 0. The van der Waals surface area contributed by atoms with Gasteiger partial charge in [0, 0.05) is 12.1 Å². The van der Waals surface area contributed by atoms with Crippen molar-refractivity contribution in [3.63, 3.8) is 0 Å². The zero-order chi connectivity index (χ0) is 23.7. The van der Waals surface area contributed by atoms with Crippen molar-refractivity contribution in [3.05, 3.63) is 101 Å². The fourth-order valence-electron chi connectivity index (χ4n) is 3.67. The highest BCUT2D eigenvalue weighted by Crippen LogP contribution is 2.31. The fourth-order valence-corrected chi connectivity index (χ4v) is 4.72. The summed E-state index contributed by atoms with van der Waals surface area (Å²) < 4.78 is 12.0. The van der Waals surface area contributed by atoms with Crippen molar-refractivity contribution in [2.24, 2.45) is 4.99 Å². The van der Waals surface area contributed by atoms with Crippen LogP contribution < -0.4 is 19.6 Å². The van der Waals surface area contributed by atoms with Crippen LogP contribution in [0.4, 0.5) is 5.69 Å². The van der Waals surface area contributed by atoms with Crippen molar-refractivity contribution in [2.45, 2.75) is 13.0 Å². The zero-order valence-corrected chi connectivity index (χ0v) is 18.8. The highest BCUT2D eigenvalue weighted by Gasteiger charge is 2.33. The van der Waals surface area contributed by atoms with E-state index in [-0.39, 0.29) is 16.8 Å². The molecule has 1 unspecified atom stereocenters. The van der Waals surface area contributed by atoms with Crippen LogP contribution in [0.15, 0.2) is 69.6 Å². The summed E-state index contributed by atoms with van der Waals surface area (Å²) in [6.07, 6.45) is 1.58. The lowest BCUT2D eigenvalue weighted by Crippen LogP contribution is -2.39. The minimum Gasteiger partial charge on any atom is -0.497 e. The van der Waals surface area contributed by atoms with E-state index in [0.717, 1.165) is 11.3 Å². The third kappa shape index (κ3) is 4.08. The Labute approximate surface area is 191 Å². The number of esters is 1. The summed E-state index contributed by atoms with van der Waals surface area (Å²) in [5.41, 5.74) is 1.48. The van der Waals surface area contributed by atoms with Crippen molar-refractivity contribution in [1.29, 1.82) is 0 Å². The third-order valence-electron chi connectivity index (χ3n) is 5.24. The molecule has 10 heteroatoms. The van der Waals surface area contributed by atoms with Crippen LogP contribution >= 0.6 is 11.3 Å². The number of thiazole rings is 1. The molecule has 168 valence electrons. The summed E-state index contributed by atoms with van der Waals surface area (Å²) in [5.74, 6) is 0.0576. The first-order chi connectivity index (χ1) is 15.8. The Bertz CT molecular complexity index is 1470. The number of methoxy groups -OCH3 is 2. The first-order valence-corrected chi connectivity index (χ1v) is 10.6. The van der Waals surface area contributed by atoms with Gasteiger partial charge in [0.15, 0.2) is 4.80 Å². The van der Waals surface area contributed by atoms with Crippen molar-refractivity contribution in [3.8, 4) is 5.75 Å².